The summed E-state index contributed by atoms with van der Waals surface area (Å²) < 4.78 is 0. The summed E-state index contributed by atoms with van der Waals surface area (Å²) in [7, 11) is 0. The van der Waals surface area contributed by atoms with Gasteiger partial charge in [0.25, 0.3) is 0 Å². The predicted molar refractivity (Wildman–Crippen MR) is 65.3 cm³/mol. The maximum Gasteiger partial charge on any atom is 0.101 e. The molecule has 1 aliphatic heterocycles. The molecule has 0 bridgehead atoms. The number of para-hydroxylation sites is 1. The van der Waals surface area contributed by atoms with E-state index in [9.17, 15) is 0 Å². The number of thioether (sulfide) groups is 1. The summed E-state index contributed by atoms with van der Waals surface area (Å²) in [5, 5.41) is 9.04. The van der Waals surface area contributed by atoms with Crippen LogP contribution in [-0.4, -0.2) is 24.6 Å². The summed E-state index contributed by atoms with van der Waals surface area (Å²) >= 11 is 2.00. The molecule has 1 aliphatic rings. The van der Waals surface area contributed by atoms with Gasteiger partial charge in [0, 0.05) is 18.8 Å². The van der Waals surface area contributed by atoms with Gasteiger partial charge in [-0.3, -0.25) is 0 Å². The molecule has 0 amide bonds. The normalized spacial score (nSPS) is 16.9. The van der Waals surface area contributed by atoms with E-state index in [0.717, 1.165) is 24.3 Å². The maximum atomic E-state index is 9.04. The van der Waals surface area contributed by atoms with E-state index in [1.54, 1.807) is 0 Å². The molecular formula is C12H14N2S. The van der Waals surface area contributed by atoms with Gasteiger partial charge < -0.3 is 4.90 Å². The molecule has 0 atom stereocenters. The monoisotopic (exact) mass is 218 g/mol. The minimum absolute atomic E-state index is 0.796. The average Bonchev–Trinajstić information content (AvgIpc) is 2.57. The summed E-state index contributed by atoms with van der Waals surface area (Å²) in [6.07, 6.45) is 1.21. The molecular weight excluding hydrogens is 204 g/mol. The van der Waals surface area contributed by atoms with Crippen molar-refractivity contribution in [1.82, 2.24) is 0 Å². The molecule has 0 N–H and O–H groups in total. The van der Waals surface area contributed by atoms with Gasteiger partial charge in [0.05, 0.1) is 11.3 Å². The third kappa shape index (κ3) is 2.45. The van der Waals surface area contributed by atoms with Crippen LogP contribution in [0.5, 0.6) is 0 Å². The second-order valence-electron chi connectivity index (χ2n) is 3.58. The van der Waals surface area contributed by atoms with E-state index in [2.05, 4.69) is 17.0 Å². The molecule has 0 spiro atoms. The highest BCUT2D eigenvalue weighted by Crippen LogP contribution is 2.22. The fourth-order valence-corrected chi connectivity index (χ4v) is 2.72. The second kappa shape index (κ2) is 5.09. The molecule has 1 aromatic rings. The zero-order valence-corrected chi connectivity index (χ0v) is 9.46. The van der Waals surface area contributed by atoms with Crippen LogP contribution in [0, 0.1) is 11.3 Å². The van der Waals surface area contributed by atoms with Crippen molar-refractivity contribution < 1.29 is 0 Å². The first kappa shape index (κ1) is 10.4. The Morgan fingerprint density at radius 3 is 2.93 bits per heavy atom. The van der Waals surface area contributed by atoms with Crippen LogP contribution in [0.2, 0.25) is 0 Å². The molecule has 0 radical (unpaired) electrons. The Morgan fingerprint density at radius 2 is 2.07 bits per heavy atom. The van der Waals surface area contributed by atoms with Crippen molar-refractivity contribution in [3.63, 3.8) is 0 Å². The number of hydrogen-bond donors (Lipinski definition) is 0. The largest absolute Gasteiger partial charge is 0.370 e. The fourth-order valence-electron chi connectivity index (χ4n) is 1.83. The number of hydrogen-bond acceptors (Lipinski definition) is 3. The highest BCUT2D eigenvalue weighted by atomic mass is 32.2. The quantitative estimate of drug-likeness (QED) is 0.724. The minimum atomic E-state index is 0.796. The van der Waals surface area contributed by atoms with Gasteiger partial charge in [0.15, 0.2) is 0 Å². The first-order chi connectivity index (χ1) is 7.42. The number of anilines is 1. The summed E-state index contributed by atoms with van der Waals surface area (Å²) in [5.41, 5.74) is 1.90. The summed E-state index contributed by atoms with van der Waals surface area (Å²) in [4.78, 5) is 2.33. The molecule has 1 fully saturated rings. The predicted octanol–water partition coefficient (Wildman–Crippen LogP) is 2.50. The zero-order chi connectivity index (χ0) is 10.5. The third-order valence-corrected chi connectivity index (χ3v) is 3.64. The van der Waals surface area contributed by atoms with E-state index in [0.29, 0.717) is 0 Å². The van der Waals surface area contributed by atoms with Crippen molar-refractivity contribution in [3.8, 4) is 6.07 Å². The zero-order valence-electron chi connectivity index (χ0n) is 8.65. The Hall–Kier alpha value is -1.14. The van der Waals surface area contributed by atoms with E-state index < -0.39 is 0 Å². The van der Waals surface area contributed by atoms with Gasteiger partial charge in [-0.05, 0) is 24.3 Å². The van der Waals surface area contributed by atoms with E-state index in [-0.39, 0.29) is 0 Å². The topological polar surface area (TPSA) is 27.0 Å². The lowest BCUT2D eigenvalue weighted by Crippen LogP contribution is -2.26. The molecule has 1 heterocycles. The third-order valence-electron chi connectivity index (χ3n) is 2.59. The van der Waals surface area contributed by atoms with Gasteiger partial charge in [0.1, 0.15) is 6.07 Å². The Bertz CT molecular complexity index is 362. The summed E-state index contributed by atoms with van der Waals surface area (Å²) in [6, 6.07) is 10.1. The molecule has 0 saturated carbocycles. The lowest BCUT2D eigenvalue weighted by Gasteiger charge is -2.23. The van der Waals surface area contributed by atoms with Crippen LogP contribution in [0.3, 0.4) is 0 Å². The summed E-state index contributed by atoms with van der Waals surface area (Å²) in [6.45, 7) is 2.13. The van der Waals surface area contributed by atoms with Crippen LogP contribution in [0.15, 0.2) is 24.3 Å². The van der Waals surface area contributed by atoms with Crippen molar-refractivity contribution in [3.05, 3.63) is 29.8 Å². The van der Waals surface area contributed by atoms with E-state index >= 15 is 0 Å². The van der Waals surface area contributed by atoms with E-state index in [1.165, 1.54) is 17.9 Å². The second-order valence-corrected chi connectivity index (χ2v) is 4.81. The van der Waals surface area contributed by atoms with Crippen LogP contribution in [0.25, 0.3) is 0 Å². The summed E-state index contributed by atoms with van der Waals surface area (Å²) in [5.74, 6) is 2.41. The van der Waals surface area contributed by atoms with E-state index in [1.807, 2.05) is 30.0 Å². The molecule has 2 rings (SSSR count). The number of nitriles is 1. The Morgan fingerprint density at radius 1 is 1.20 bits per heavy atom. The first-order valence-corrected chi connectivity index (χ1v) is 6.39. The average molecular weight is 218 g/mol. The van der Waals surface area contributed by atoms with Crippen molar-refractivity contribution in [1.29, 1.82) is 5.26 Å². The van der Waals surface area contributed by atoms with Crippen LogP contribution in [-0.2, 0) is 0 Å². The molecule has 1 aromatic carbocycles. The highest BCUT2D eigenvalue weighted by Gasteiger charge is 2.12. The number of rotatable bonds is 1. The SMILES string of the molecule is N#Cc1ccccc1N1CCCSCC1. The van der Waals surface area contributed by atoms with Gasteiger partial charge in [-0.25, -0.2) is 0 Å². The van der Waals surface area contributed by atoms with Crippen molar-refractivity contribution in [2.45, 2.75) is 6.42 Å². The lowest BCUT2D eigenvalue weighted by molar-refractivity contribution is 0.815. The molecule has 2 nitrogen and oxygen atoms in total. The van der Waals surface area contributed by atoms with Crippen molar-refractivity contribution in [2.24, 2.45) is 0 Å². The lowest BCUT2D eigenvalue weighted by atomic mass is 10.1. The van der Waals surface area contributed by atoms with Gasteiger partial charge in [-0.2, -0.15) is 17.0 Å². The molecule has 0 aliphatic carbocycles. The molecule has 0 aromatic heterocycles. The van der Waals surface area contributed by atoms with Crippen LogP contribution in [0.1, 0.15) is 12.0 Å². The smallest absolute Gasteiger partial charge is 0.101 e. The first-order valence-electron chi connectivity index (χ1n) is 5.23. The van der Waals surface area contributed by atoms with Gasteiger partial charge in [0.2, 0.25) is 0 Å². The molecule has 78 valence electrons. The Kier molecular flexibility index (Phi) is 3.52. The van der Waals surface area contributed by atoms with Gasteiger partial charge in [-0.1, -0.05) is 12.1 Å². The van der Waals surface area contributed by atoms with E-state index in [4.69, 9.17) is 5.26 Å². The van der Waals surface area contributed by atoms with Gasteiger partial charge in [-0.15, -0.1) is 0 Å². The van der Waals surface area contributed by atoms with Crippen molar-refractivity contribution >= 4 is 17.4 Å². The molecule has 3 heteroatoms. The van der Waals surface area contributed by atoms with Gasteiger partial charge >= 0.3 is 0 Å². The standard InChI is InChI=1S/C12H14N2S/c13-10-11-4-1-2-5-12(11)14-6-3-8-15-9-7-14/h1-2,4-5H,3,6-9H2. The maximum absolute atomic E-state index is 9.04. The van der Waals surface area contributed by atoms with Crippen LogP contribution < -0.4 is 4.90 Å². The Labute approximate surface area is 94.9 Å². The Balaban J connectivity index is 2.23. The number of benzene rings is 1. The molecule has 1 saturated heterocycles. The molecule has 15 heavy (non-hydrogen) atoms. The highest BCUT2D eigenvalue weighted by molar-refractivity contribution is 7.99. The molecule has 0 unspecified atom stereocenters. The van der Waals surface area contributed by atoms with Crippen LogP contribution in [0.4, 0.5) is 5.69 Å². The van der Waals surface area contributed by atoms with Crippen molar-refractivity contribution in [2.75, 3.05) is 29.5 Å². The number of nitrogens with zero attached hydrogens (tertiary/aromatic N) is 2. The minimum Gasteiger partial charge on any atom is -0.370 e. The van der Waals surface area contributed by atoms with Crippen LogP contribution >= 0.6 is 11.8 Å². The fraction of sp³-hybridized carbons (Fsp3) is 0.417.